The van der Waals surface area contributed by atoms with Gasteiger partial charge in [0.15, 0.2) is 5.65 Å². The Morgan fingerprint density at radius 3 is 2.70 bits per heavy atom. The van der Waals surface area contributed by atoms with Gasteiger partial charge >= 0.3 is 0 Å². The summed E-state index contributed by atoms with van der Waals surface area (Å²) in [5, 5.41) is 13.4. The highest BCUT2D eigenvalue weighted by molar-refractivity contribution is 5.76. The molecule has 0 aliphatic carbocycles. The molecule has 0 N–H and O–H groups in total. The van der Waals surface area contributed by atoms with Crippen molar-refractivity contribution < 1.29 is 4.79 Å². The van der Waals surface area contributed by atoms with Crippen LogP contribution in [-0.4, -0.2) is 63.0 Å². The number of hydrogen-bond acceptors (Lipinski definition) is 5. The molecule has 0 bridgehead atoms. The summed E-state index contributed by atoms with van der Waals surface area (Å²) in [6.45, 7) is 8.04. The molecule has 1 amide bonds. The van der Waals surface area contributed by atoms with Gasteiger partial charge in [0.1, 0.15) is 11.6 Å². The predicted molar refractivity (Wildman–Crippen MR) is 102 cm³/mol. The second-order valence-electron chi connectivity index (χ2n) is 6.84. The Kier molecular flexibility index (Phi) is 5.73. The van der Waals surface area contributed by atoms with Gasteiger partial charge < -0.3 is 4.90 Å². The lowest BCUT2D eigenvalue weighted by atomic mass is 10.1. The maximum absolute atomic E-state index is 12.6. The maximum atomic E-state index is 12.6. The summed E-state index contributed by atoms with van der Waals surface area (Å²) in [5.41, 5.74) is 3.85. The first-order valence-corrected chi connectivity index (χ1v) is 9.22. The minimum absolute atomic E-state index is 0.170. The van der Waals surface area contributed by atoms with Crippen LogP contribution in [0, 0.1) is 37.5 Å². The van der Waals surface area contributed by atoms with E-state index in [1.807, 2.05) is 18.7 Å². The van der Waals surface area contributed by atoms with E-state index in [0.29, 0.717) is 24.1 Å². The Balaban J connectivity index is 1.63. The van der Waals surface area contributed by atoms with E-state index in [4.69, 9.17) is 11.7 Å². The first kappa shape index (κ1) is 18.9. The number of aryl methyl sites for hydroxylation is 2. The maximum Gasteiger partial charge on any atom is 0.222 e. The fraction of sp³-hybridized carbons (Fsp3) is 0.500. The molecule has 0 unspecified atom stereocenters. The van der Waals surface area contributed by atoms with Crippen molar-refractivity contribution in [2.75, 3.05) is 32.7 Å². The van der Waals surface area contributed by atoms with Crippen molar-refractivity contribution in [3.05, 3.63) is 28.7 Å². The van der Waals surface area contributed by atoms with Crippen LogP contribution in [-0.2, 0) is 11.2 Å². The second kappa shape index (κ2) is 8.20. The number of terminal acetylenes is 1. The average Bonchev–Trinajstić information content (AvgIpc) is 3.09. The van der Waals surface area contributed by atoms with Gasteiger partial charge in [-0.1, -0.05) is 0 Å². The number of nitriles is 1. The van der Waals surface area contributed by atoms with Crippen molar-refractivity contribution >= 4 is 11.6 Å². The van der Waals surface area contributed by atoms with Gasteiger partial charge in [-0.05, 0) is 25.8 Å². The van der Waals surface area contributed by atoms with Crippen LogP contribution in [0.4, 0.5) is 0 Å². The highest BCUT2D eigenvalue weighted by Crippen LogP contribution is 2.18. The molecule has 1 aliphatic heterocycles. The zero-order valence-electron chi connectivity index (χ0n) is 15.9. The molecule has 3 heterocycles. The minimum atomic E-state index is 0.170. The molecular formula is C20H24N6O. The summed E-state index contributed by atoms with van der Waals surface area (Å²) >= 11 is 0. The lowest BCUT2D eigenvalue weighted by Crippen LogP contribution is -2.48. The summed E-state index contributed by atoms with van der Waals surface area (Å²) in [5.74, 6) is 2.83. The van der Waals surface area contributed by atoms with Gasteiger partial charge in [-0.15, -0.1) is 12.3 Å². The number of carbonyl (C=O) groups is 1. The fourth-order valence-electron chi connectivity index (χ4n) is 3.59. The molecule has 7 heteroatoms. The molecule has 0 radical (unpaired) electrons. The summed E-state index contributed by atoms with van der Waals surface area (Å²) < 4.78 is 1.69. The SMILES string of the molecule is C#CCCN1CCN(C(=O)CCc2c(C)nc3c(C#N)cnn3c2C)CC1. The van der Waals surface area contributed by atoms with Crippen LogP contribution < -0.4 is 0 Å². The Hall–Kier alpha value is -2.90. The molecule has 1 saturated heterocycles. The topological polar surface area (TPSA) is 77.5 Å². The van der Waals surface area contributed by atoms with E-state index in [9.17, 15) is 4.79 Å². The molecule has 140 valence electrons. The van der Waals surface area contributed by atoms with E-state index in [0.717, 1.165) is 56.1 Å². The van der Waals surface area contributed by atoms with E-state index in [1.165, 1.54) is 6.20 Å². The van der Waals surface area contributed by atoms with E-state index >= 15 is 0 Å². The van der Waals surface area contributed by atoms with Gasteiger partial charge in [0.2, 0.25) is 5.91 Å². The minimum Gasteiger partial charge on any atom is -0.340 e. The van der Waals surface area contributed by atoms with Gasteiger partial charge in [-0.3, -0.25) is 9.69 Å². The monoisotopic (exact) mass is 364 g/mol. The standard InChI is InChI=1S/C20H24N6O/c1-4-5-8-24-9-11-25(12-10-24)19(27)7-6-18-15(2)23-20-17(13-21)14-22-26(20)16(18)3/h1,14H,5-12H2,2-3H3. The van der Waals surface area contributed by atoms with Gasteiger partial charge in [0.05, 0.1) is 6.20 Å². The van der Waals surface area contributed by atoms with Crippen molar-refractivity contribution in [3.8, 4) is 18.4 Å². The lowest BCUT2D eigenvalue weighted by Gasteiger charge is -2.34. The highest BCUT2D eigenvalue weighted by Gasteiger charge is 2.21. The predicted octanol–water partition coefficient (Wildman–Crippen LogP) is 1.32. The summed E-state index contributed by atoms with van der Waals surface area (Å²) in [4.78, 5) is 21.4. The number of rotatable bonds is 5. The fourth-order valence-corrected chi connectivity index (χ4v) is 3.59. The van der Waals surface area contributed by atoms with Gasteiger partial charge in [0.25, 0.3) is 0 Å². The Bertz CT molecular complexity index is 925. The van der Waals surface area contributed by atoms with E-state index in [2.05, 4.69) is 27.0 Å². The van der Waals surface area contributed by atoms with Crippen molar-refractivity contribution in [3.63, 3.8) is 0 Å². The molecule has 7 nitrogen and oxygen atoms in total. The van der Waals surface area contributed by atoms with Crippen molar-refractivity contribution in [1.29, 1.82) is 5.26 Å². The molecular weight excluding hydrogens is 340 g/mol. The Morgan fingerprint density at radius 1 is 1.30 bits per heavy atom. The zero-order chi connectivity index (χ0) is 19.4. The summed E-state index contributed by atoms with van der Waals surface area (Å²) in [6.07, 6.45) is 8.67. The molecule has 2 aromatic heterocycles. The highest BCUT2D eigenvalue weighted by atomic mass is 16.2. The summed E-state index contributed by atoms with van der Waals surface area (Å²) in [6, 6.07) is 2.11. The third-order valence-electron chi connectivity index (χ3n) is 5.22. The van der Waals surface area contributed by atoms with Crippen LogP contribution in [0.25, 0.3) is 5.65 Å². The van der Waals surface area contributed by atoms with Crippen molar-refractivity contribution in [2.45, 2.75) is 33.1 Å². The molecule has 0 spiro atoms. The number of aromatic nitrogens is 3. The number of piperazine rings is 1. The average molecular weight is 364 g/mol. The van der Waals surface area contributed by atoms with Crippen LogP contribution in [0.5, 0.6) is 0 Å². The molecule has 1 fully saturated rings. The molecule has 1 aliphatic rings. The molecule has 3 rings (SSSR count). The third-order valence-corrected chi connectivity index (χ3v) is 5.22. The molecule has 27 heavy (non-hydrogen) atoms. The Morgan fingerprint density at radius 2 is 2.04 bits per heavy atom. The van der Waals surface area contributed by atoms with Gasteiger partial charge in [-0.25, -0.2) is 9.50 Å². The Labute approximate surface area is 159 Å². The number of carbonyl (C=O) groups excluding carboxylic acids is 1. The third kappa shape index (κ3) is 3.94. The molecule has 0 atom stereocenters. The normalized spacial score (nSPS) is 14.9. The molecule has 0 aromatic carbocycles. The number of hydrogen-bond donors (Lipinski definition) is 0. The first-order chi connectivity index (χ1) is 13.0. The number of fused-ring (bicyclic) bond motifs is 1. The van der Waals surface area contributed by atoms with E-state index in [-0.39, 0.29) is 5.91 Å². The van der Waals surface area contributed by atoms with Crippen LogP contribution in [0.3, 0.4) is 0 Å². The number of nitrogens with zero attached hydrogens (tertiary/aromatic N) is 6. The lowest BCUT2D eigenvalue weighted by molar-refractivity contribution is -0.132. The van der Waals surface area contributed by atoms with Gasteiger partial charge in [-0.2, -0.15) is 10.4 Å². The van der Waals surface area contributed by atoms with Crippen LogP contribution in [0.1, 0.15) is 35.4 Å². The van der Waals surface area contributed by atoms with Crippen molar-refractivity contribution in [2.24, 2.45) is 0 Å². The molecule has 0 saturated carbocycles. The smallest absolute Gasteiger partial charge is 0.222 e. The van der Waals surface area contributed by atoms with Crippen LogP contribution in [0.2, 0.25) is 0 Å². The first-order valence-electron chi connectivity index (χ1n) is 9.22. The van der Waals surface area contributed by atoms with E-state index < -0.39 is 0 Å². The van der Waals surface area contributed by atoms with Crippen LogP contribution >= 0.6 is 0 Å². The quantitative estimate of drug-likeness (QED) is 0.748. The second-order valence-corrected chi connectivity index (χ2v) is 6.84. The van der Waals surface area contributed by atoms with Gasteiger partial charge in [0, 0.05) is 57.0 Å². The largest absolute Gasteiger partial charge is 0.340 e. The van der Waals surface area contributed by atoms with Crippen molar-refractivity contribution in [1.82, 2.24) is 24.4 Å². The van der Waals surface area contributed by atoms with Crippen LogP contribution in [0.15, 0.2) is 6.20 Å². The summed E-state index contributed by atoms with van der Waals surface area (Å²) in [7, 11) is 0. The number of amides is 1. The molecule has 2 aromatic rings. The van der Waals surface area contributed by atoms with E-state index in [1.54, 1.807) is 4.52 Å². The zero-order valence-corrected chi connectivity index (χ0v) is 15.9.